The van der Waals surface area contributed by atoms with E-state index in [4.69, 9.17) is 0 Å². The van der Waals surface area contributed by atoms with E-state index in [9.17, 15) is 4.79 Å². The van der Waals surface area contributed by atoms with E-state index in [0.717, 1.165) is 11.8 Å². The molecule has 0 aliphatic carbocycles. The summed E-state index contributed by atoms with van der Waals surface area (Å²) in [6.45, 7) is 2.02. The van der Waals surface area contributed by atoms with Crippen molar-refractivity contribution in [1.29, 1.82) is 0 Å². The molecule has 4 heteroatoms. The first kappa shape index (κ1) is 10.7. The normalized spacial score (nSPS) is 10.7. The summed E-state index contributed by atoms with van der Waals surface area (Å²) in [6, 6.07) is 9.71. The van der Waals surface area contributed by atoms with E-state index >= 15 is 0 Å². The molecule has 2 heterocycles. The molecule has 2 aromatic heterocycles. The minimum Gasteiger partial charge on any atom is -0.296 e. The van der Waals surface area contributed by atoms with Crippen LogP contribution in [0.2, 0.25) is 0 Å². The topological polar surface area (TPSA) is 47.3 Å². The van der Waals surface area contributed by atoms with Gasteiger partial charge in [0.15, 0.2) is 6.29 Å². The van der Waals surface area contributed by atoms with Crippen LogP contribution in [0.5, 0.6) is 0 Å². The van der Waals surface area contributed by atoms with Gasteiger partial charge in [-0.25, -0.2) is 9.97 Å². The smallest absolute Gasteiger partial charge is 0.234 e. The summed E-state index contributed by atoms with van der Waals surface area (Å²) in [7, 11) is 0. The number of aromatic nitrogens is 3. The van der Waals surface area contributed by atoms with Crippen LogP contribution in [0.1, 0.15) is 16.1 Å². The van der Waals surface area contributed by atoms with Gasteiger partial charge in [0.05, 0.1) is 0 Å². The fraction of sp³-hybridized carbons (Fsp3) is 0.0714. The van der Waals surface area contributed by atoms with Gasteiger partial charge >= 0.3 is 0 Å². The largest absolute Gasteiger partial charge is 0.296 e. The predicted octanol–water partition coefficient (Wildman–Crippen LogP) is 2.52. The summed E-state index contributed by atoms with van der Waals surface area (Å²) in [5, 5.41) is 0. The highest BCUT2D eigenvalue weighted by molar-refractivity contribution is 5.85. The minimum atomic E-state index is 0.530. The third-order valence-electron chi connectivity index (χ3n) is 2.88. The van der Waals surface area contributed by atoms with Crippen molar-refractivity contribution in [3.63, 3.8) is 0 Å². The lowest BCUT2D eigenvalue weighted by Gasteiger charge is -1.99. The number of hydrogen-bond acceptors (Lipinski definition) is 3. The van der Waals surface area contributed by atoms with Gasteiger partial charge in [-0.05, 0) is 13.0 Å². The Balaban J connectivity index is 2.28. The van der Waals surface area contributed by atoms with E-state index in [0.29, 0.717) is 17.2 Å². The quantitative estimate of drug-likeness (QED) is 0.643. The molecule has 0 amide bonds. The van der Waals surface area contributed by atoms with Crippen LogP contribution in [0.3, 0.4) is 0 Å². The fourth-order valence-corrected chi connectivity index (χ4v) is 1.94. The highest BCUT2D eigenvalue weighted by Gasteiger charge is 2.13. The number of fused-ring (bicyclic) bond motifs is 1. The molecular weight excluding hydrogens is 226 g/mol. The highest BCUT2D eigenvalue weighted by Crippen LogP contribution is 2.22. The van der Waals surface area contributed by atoms with Crippen molar-refractivity contribution in [1.82, 2.24) is 14.4 Å². The fourth-order valence-electron chi connectivity index (χ4n) is 1.94. The summed E-state index contributed by atoms with van der Waals surface area (Å²) in [5.41, 5.74) is 3.30. The molecule has 18 heavy (non-hydrogen) atoms. The lowest BCUT2D eigenvalue weighted by atomic mass is 10.1. The van der Waals surface area contributed by atoms with E-state index in [1.54, 1.807) is 22.9 Å². The van der Waals surface area contributed by atoms with Gasteiger partial charge in [-0.2, -0.15) is 0 Å². The Kier molecular flexibility index (Phi) is 2.41. The minimum absolute atomic E-state index is 0.530. The molecule has 0 aliphatic rings. The number of aryl methyl sites for hydroxylation is 1. The zero-order valence-corrected chi connectivity index (χ0v) is 9.87. The molecule has 88 valence electrons. The third kappa shape index (κ3) is 1.59. The Bertz CT molecular complexity index is 713. The number of carbonyl (C=O) groups is 1. The number of benzene rings is 1. The van der Waals surface area contributed by atoms with Crippen molar-refractivity contribution in [2.45, 2.75) is 6.92 Å². The lowest BCUT2D eigenvalue weighted by molar-refractivity contribution is 0.111. The van der Waals surface area contributed by atoms with Crippen molar-refractivity contribution in [3.05, 3.63) is 54.0 Å². The van der Waals surface area contributed by atoms with E-state index in [1.807, 2.05) is 31.2 Å². The Morgan fingerprint density at radius 2 is 2.00 bits per heavy atom. The molecule has 0 bridgehead atoms. The Hall–Kier alpha value is -2.49. The highest BCUT2D eigenvalue weighted by atomic mass is 16.1. The van der Waals surface area contributed by atoms with E-state index in [2.05, 4.69) is 9.97 Å². The molecule has 0 unspecified atom stereocenters. The number of nitrogens with zero attached hydrogens (tertiary/aromatic N) is 3. The number of rotatable bonds is 2. The monoisotopic (exact) mass is 237 g/mol. The average molecular weight is 237 g/mol. The molecule has 3 aromatic rings. The molecule has 0 saturated carbocycles. The van der Waals surface area contributed by atoms with E-state index in [1.165, 1.54) is 5.56 Å². The SMILES string of the molecule is Cc1ccc(-c2nc3ncccn3c2C=O)cc1. The van der Waals surface area contributed by atoms with Gasteiger partial charge in [-0.3, -0.25) is 9.20 Å². The molecule has 0 spiro atoms. The number of aldehydes is 1. The second kappa shape index (κ2) is 4.07. The average Bonchev–Trinajstić information content (AvgIpc) is 2.78. The zero-order chi connectivity index (χ0) is 12.5. The summed E-state index contributed by atoms with van der Waals surface area (Å²) < 4.78 is 1.70. The van der Waals surface area contributed by atoms with Crippen molar-refractivity contribution in [3.8, 4) is 11.3 Å². The second-order valence-electron chi connectivity index (χ2n) is 4.12. The Labute approximate surface area is 104 Å². The molecular formula is C14H11N3O. The van der Waals surface area contributed by atoms with Crippen LogP contribution >= 0.6 is 0 Å². The standard InChI is InChI=1S/C14H11N3O/c1-10-3-5-11(6-4-10)13-12(9-18)17-8-2-7-15-14(17)16-13/h2-9H,1H3. The van der Waals surface area contributed by atoms with Crippen molar-refractivity contribution in [2.75, 3.05) is 0 Å². The first-order valence-electron chi connectivity index (χ1n) is 5.65. The van der Waals surface area contributed by atoms with Gasteiger partial charge in [0.2, 0.25) is 5.78 Å². The van der Waals surface area contributed by atoms with Crippen LogP contribution in [0.4, 0.5) is 0 Å². The van der Waals surface area contributed by atoms with Gasteiger partial charge in [-0.15, -0.1) is 0 Å². The van der Waals surface area contributed by atoms with E-state index in [-0.39, 0.29) is 0 Å². The van der Waals surface area contributed by atoms with Crippen LogP contribution in [-0.2, 0) is 0 Å². The molecule has 3 rings (SSSR count). The Morgan fingerprint density at radius 3 is 2.72 bits per heavy atom. The number of imidazole rings is 1. The van der Waals surface area contributed by atoms with Gasteiger partial charge in [0.25, 0.3) is 0 Å². The summed E-state index contributed by atoms with van der Waals surface area (Å²) >= 11 is 0. The molecule has 0 N–H and O–H groups in total. The maximum absolute atomic E-state index is 11.3. The van der Waals surface area contributed by atoms with Crippen molar-refractivity contribution >= 4 is 12.1 Å². The van der Waals surface area contributed by atoms with Gasteiger partial charge in [-0.1, -0.05) is 29.8 Å². The predicted molar refractivity (Wildman–Crippen MR) is 68.5 cm³/mol. The third-order valence-corrected chi connectivity index (χ3v) is 2.88. The second-order valence-corrected chi connectivity index (χ2v) is 4.12. The van der Waals surface area contributed by atoms with Gasteiger partial charge in [0.1, 0.15) is 11.4 Å². The summed E-state index contributed by atoms with van der Waals surface area (Å²) in [4.78, 5) is 19.8. The molecule has 0 aliphatic heterocycles. The molecule has 0 atom stereocenters. The molecule has 0 saturated heterocycles. The summed E-state index contributed by atoms with van der Waals surface area (Å²) in [6.07, 6.45) is 4.27. The van der Waals surface area contributed by atoms with Crippen molar-refractivity contribution in [2.24, 2.45) is 0 Å². The molecule has 1 aromatic carbocycles. The van der Waals surface area contributed by atoms with Crippen molar-refractivity contribution < 1.29 is 4.79 Å². The van der Waals surface area contributed by atoms with Gasteiger partial charge in [0, 0.05) is 18.0 Å². The lowest BCUT2D eigenvalue weighted by Crippen LogP contribution is -1.92. The molecule has 0 radical (unpaired) electrons. The molecule has 0 fully saturated rings. The first-order chi connectivity index (χ1) is 8.79. The number of hydrogen-bond donors (Lipinski definition) is 0. The van der Waals surface area contributed by atoms with Gasteiger partial charge < -0.3 is 0 Å². The summed E-state index contributed by atoms with van der Waals surface area (Å²) in [5.74, 6) is 0.537. The maximum atomic E-state index is 11.3. The zero-order valence-electron chi connectivity index (χ0n) is 9.87. The van der Waals surface area contributed by atoms with Crippen LogP contribution in [0, 0.1) is 6.92 Å². The molecule has 4 nitrogen and oxygen atoms in total. The first-order valence-corrected chi connectivity index (χ1v) is 5.65. The number of carbonyl (C=O) groups excluding carboxylic acids is 1. The van der Waals surface area contributed by atoms with Crippen LogP contribution in [0.25, 0.3) is 17.0 Å². The Morgan fingerprint density at radius 1 is 1.22 bits per heavy atom. The van der Waals surface area contributed by atoms with E-state index < -0.39 is 0 Å². The van der Waals surface area contributed by atoms with Crippen LogP contribution in [0.15, 0.2) is 42.7 Å². The van der Waals surface area contributed by atoms with Crippen LogP contribution < -0.4 is 0 Å². The van der Waals surface area contributed by atoms with Crippen LogP contribution in [-0.4, -0.2) is 20.7 Å². The maximum Gasteiger partial charge on any atom is 0.234 e.